The molecule has 5 rings (SSSR count). The van der Waals surface area contributed by atoms with Gasteiger partial charge in [-0.25, -0.2) is 4.79 Å². The predicted octanol–water partition coefficient (Wildman–Crippen LogP) is 2.97. The van der Waals surface area contributed by atoms with Crippen molar-refractivity contribution in [2.24, 2.45) is 14.1 Å². The molecule has 0 saturated heterocycles. The van der Waals surface area contributed by atoms with Crippen LogP contribution in [-0.2, 0) is 24.4 Å². The lowest BCUT2D eigenvalue weighted by Gasteiger charge is -2.39. The quantitative estimate of drug-likeness (QED) is 0.461. The second-order valence-electron chi connectivity index (χ2n) is 9.12. The van der Waals surface area contributed by atoms with Crippen LogP contribution in [0.4, 0.5) is 0 Å². The Labute approximate surface area is 189 Å². The Morgan fingerprint density at radius 1 is 0.970 bits per heavy atom. The monoisotopic (exact) mass is 447 g/mol. The standard InChI is InChI=1S/C25H25N3O5/c1-25(2)13-33-22(15-10-11-16(29)17(30)12-15)21-20-18(23(31)27(4)24(32)26(20)3)19(28(21)25)14-8-6-5-7-9-14/h5-12,22,29-30H,13H2,1-4H3. The first kappa shape index (κ1) is 21.1. The van der Waals surface area contributed by atoms with Crippen molar-refractivity contribution in [2.45, 2.75) is 25.5 Å². The molecule has 4 aromatic rings. The van der Waals surface area contributed by atoms with Crippen LogP contribution in [0.1, 0.15) is 31.2 Å². The van der Waals surface area contributed by atoms with Crippen LogP contribution in [0.15, 0.2) is 58.1 Å². The van der Waals surface area contributed by atoms with Crippen LogP contribution in [0.3, 0.4) is 0 Å². The molecule has 0 fully saturated rings. The number of nitrogens with zero attached hydrogens (tertiary/aromatic N) is 3. The summed E-state index contributed by atoms with van der Waals surface area (Å²) in [5.74, 6) is -0.502. The molecule has 1 aliphatic heterocycles. The molecule has 1 aliphatic rings. The number of hydrogen-bond acceptors (Lipinski definition) is 5. The number of phenolic OH excluding ortho intramolecular Hbond substituents is 2. The lowest BCUT2D eigenvalue weighted by atomic mass is 9.97. The topological polar surface area (TPSA) is 98.6 Å². The van der Waals surface area contributed by atoms with E-state index in [0.717, 1.165) is 15.8 Å². The van der Waals surface area contributed by atoms with Gasteiger partial charge in [0.05, 0.1) is 34.4 Å². The van der Waals surface area contributed by atoms with Gasteiger partial charge in [-0.15, -0.1) is 0 Å². The number of hydrogen-bond donors (Lipinski definition) is 2. The smallest absolute Gasteiger partial charge is 0.331 e. The number of phenols is 2. The first-order valence-corrected chi connectivity index (χ1v) is 10.7. The molecule has 2 N–H and O–H groups in total. The number of aromatic hydroxyl groups is 2. The van der Waals surface area contributed by atoms with Gasteiger partial charge in [0.15, 0.2) is 11.5 Å². The van der Waals surface area contributed by atoms with Crippen LogP contribution in [-0.4, -0.2) is 30.5 Å². The van der Waals surface area contributed by atoms with Crippen molar-refractivity contribution in [3.05, 3.63) is 80.6 Å². The van der Waals surface area contributed by atoms with Gasteiger partial charge < -0.3 is 19.5 Å². The Hall–Kier alpha value is -3.78. The Bertz CT molecular complexity index is 1530. The zero-order valence-corrected chi connectivity index (χ0v) is 18.9. The van der Waals surface area contributed by atoms with Crippen molar-refractivity contribution in [2.75, 3.05) is 6.61 Å². The van der Waals surface area contributed by atoms with E-state index < -0.39 is 17.3 Å². The summed E-state index contributed by atoms with van der Waals surface area (Å²) >= 11 is 0. The molecule has 170 valence electrons. The molecule has 33 heavy (non-hydrogen) atoms. The molecule has 0 aliphatic carbocycles. The van der Waals surface area contributed by atoms with Gasteiger partial charge in [-0.3, -0.25) is 13.9 Å². The van der Waals surface area contributed by atoms with Gasteiger partial charge in [0.2, 0.25) is 0 Å². The fourth-order valence-electron chi connectivity index (χ4n) is 4.82. The molecule has 2 aromatic heterocycles. The van der Waals surface area contributed by atoms with Gasteiger partial charge in [0, 0.05) is 14.1 Å². The van der Waals surface area contributed by atoms with Crippen molar-refractivity contribution in [3.63, 3.8) is 0 Å². The number of ether oxygens (including phenoxy) is 1. The highest BCUT2D eigenvalue weighted by Gasteiger charge is 2.40. The highest BCUT2D eigenvalue weighted by Crippen LogP contribution is 2.46. The van der Waals surface area contributed by atoms with E-state index in [1.54, 1.807) is 13.1 Å². The van der Waals surface area contributed by atoms with Gasteiger partial charge in [-0.2, -0.15) is 0 Å². The van der Waals surface area contributed by atoms with Crippen molar-refractivity contribution in [1.82, 2.24) is 13.7 Å². The lowest BCUT2D eigenvalue weighted by Crippen LogP contribution is -2.40. The highest BCUT2D eigenvalue weighted by molar-refractivity contribution is 5.96. The normalized spacial score (nSPS) is 17.3. The number of rotatable bonds is 2. The minimum atomic E-state index is -0.665. The van der Waals surface area contributed by atoms with Gasteiger partial charge in [-0.1, -0.05) is 36.4 Å². The third kappa shape index (κ3) is 2.94. The molecule has 0 spiro atoms. The Balaban J connectivity index is 2.00. The van der Waals surface area contributed by atoms with Gasteiger partial charge in [0.1, 0.15) is 6.10 Å². The summed E-state index contributed by atoms with van der Waals surface area (Å²) in [5, 5.41) is 20.4. The van der Waals surface area contributed by atoms with E-state index in [4.69, 9.17) is 4.74 Å². The van der Waals surface area contributed by atoms with Gasteiger partial charge >= 0.3 is 5.69 Å². The molecule has 0 bridgehead atoms. The summed E-state index contributed by atoms with van der Waals surface area (Å²) in [5.41, 5.74) is 1.98. The maximum absolute atomic E-state index is 13.5. The van der Waals surface area contributed by atoms with Crippen LogP contribution in [0.2, 0.25) is 0 Å². The third-order valence-electron chi connectivity index (χ3n) is 6.41. The number of benzene rings is 2. The largest absolute Gasteiger partial charge is 0.504 e. The van der Waals surface area contributed by atoms with Gasteiger partial charge in [-0.05, 0) is 37.1 Å². The first-order valence-electron chi connectivity index (χ1n) is 10.7. The minimum Gasteiger partial charge on any atom is -0.504 e. The van der Waals surface area contributed by atoms with E-state index in [9.17, 15) is 19.8 Å². The molecular weight excluding hydrogens is 422 g/mol. The van der Waals surface area contributed by atoms with Crippen molar-refractivity contribution in [3.8, 4) is 22.8 Å². The number of fused-ring (bicyclic) bond motifs is 3. The lowest BCUT2D eigenvalue weighted by molar-refractivity contribution is -0.00716. The van der Waals surface area contributed by atoms with Crippen LogP contribution < -0.4 is 11.2 Å². The SMILES string of the molecule is Cn1c(=O)c2c(-c3ccccc3)n3c(c2n(C)c1=O)C(c1ccc(O)c(O)c1)OCC3(C)C. The van der Waals surface area contributed by atoms with Crippen molar-refractivity contribution in [1.29, 1.82) is 0 Å². The Kier molecular flexibility index (Phi) is 4.54. The van der Waals surface area contributed by atoms with E-state index in [-0.39, 0.29) is 17.1 Å². The maximum Gasteiger partial charge on any atom is 0.331 e. The summed E-state index contributed by atoms with van der Waals surface area (Å²) in [7, 11) is 3.12. The first-order chi connectivity index (χ1) is 15.6. The van der Waals surface area contributed by atoms with Crippen LogP contribution in [0.25, 0.3) is 22.2 Å². The van der Waals surface area contributed by atoms with Crippen LogP contribution in [0.5, 0.6) is 11.5 Å². The second-order valence-corrected chi connectivity index (χ2v) is 9.12. The van der Waals surface area contributed by atoms with Crippen LogP contribution >= 0.6 is 0 Å². The summed E-state index contributed by atoms with van der Waals surface area (Å²) in [6.07, 6.45) is -0.665. The number of aryl methyl sites for hydroxylation is 1. The fraction of sp³-hybridized carbons (Fsp3) is 0.280. The third-order valence-corrected chi connectivity index (χ3v) is 6.41. The van der Waals surface area contributed by atoms with Crippen molar-refractivity contribution < 1.29 is 14.9 Å². The van der Waals surface area contributed by atoms with E-state index in [1.807, 2.05) is 44.2 Å². The molecule has 1 unspecified atom stereocenters. The molecule has 0 radical (unpaired) electrons. The summed E-state index contributed by atoms with van der Waals surface area (Å²) < 4.78 is 11.0. The van der Waals surface area contributed by atoms with Crippen LogP contribution in [0, 0.1) is 0 Å². The Morgan fingerprint density at radius 3 is 2.33 bits per heavy atom. The second kappa shape index (κ2) is 7.11. The average molecular weight is 447 g/mol. The highest BCUT2D eigenvalue weighted by atomic mass is 16.5. The molecule has 0 saturated carbocycles. The van der Waals surface area contributed by atoms with E-state index in [1.165, 1.54) is 23.7 Å². The van der Waals surface area contributed by atoms with Gasteiger partial charge in [0.25, 0.3) is 5.56 Å². The van der Waals surface area contributed by atoms with E-state index in [2.05, 4.69) is 4.57 Å². The molecule has 3 heterocycles. The van der Waals surface area contributed by atoms with Crippen molar-refractivity contribution >= 4 is 10.9 Å². The molecular formula is C25H25N3O5. The van der Waals surface area contributed by atoms with E-state index >= 15 is 0 Å². The zero-order chi connectivity index (χ0) is 23.7. The maximum atomic E-state index is 13.5. The summed E-state index contributed by atoms with van der Waals surface area (Å²) in [4.78, 5) is 26.4. The predicted molar refractivity (Wildman–Crippen MR) is 125 cm³/mol. The molecule has 1 atom stereocenters. The Morgan fingerprint density at radius 2 is 1.67 bits per heavy atom. The average Bonchev–Trinajstić information content (AvgIpc) is 3.16. The van der Waals surface area contributed by atoms with E-state index in [0.29, 0.717) is 28.8 Å². The fourth-order valence-corrected chi connectivity index (χ4v) is 4.82. The molecule has 2 aromatic carbocycles. The number of aromatic nitrogens is 3. The molecule has 0 amide bonds. The minimum absolute atomic E-state index is 0.235. The molecule has 8 heteroatoms. The zero-order valence-electron chi connectivity index (χ0n) is 18.9. The molecule has 8 nitrogen and oxygen atoms in total. The summed E-state index contributed by atoms with van der Waals surface area (Å²) in [6.45, 7) is 4.38. The summed E-state index contributed by atoms with van der Waals surface area (Å²) in [6, 6.07) is 14.1.